The number of benzene rings is 1. The van der Waals surface area contributed by atoms with E-state index in [9.17, 15) is 0 Å². The van der Waals surface area contributed by atoms with Crippen molar-refractivity contribution in [1.29, 1.82) is 0 Å². The van der Waals surface area contributed by atoms with Crippen molar-refractivity contribution in [2.75, 3.05) is 0 Å². The van der Waals surface area contributed by atoms with E-state index in [1.165, 1.54) is 88.4 Å². The maximum atomic E-state index is 2.67. The zero-order chi connectivity index (χ0) is 39.1. The van der Waals surface area contributed by atoms with Crippen LogP contribution >= 0.6 is 0 Å². The Morgan fingerprint density at radius 2 is 0.667 bits per heavy atom. The minimum atomic E-state index is -0.207. The Balaban J connectivity index is 1.52. The molecule has 0 fully saturated rings. The van der Waals surface area contributed by atoms with Crippen LogP contribution in [0.25, 0.3) is 22.3 Å². The Morgan fingerprint density at radius 3 is 0.981 bits per heavy atom. The second-order valence-corrected chi connectivity index (χ2v) is 22.6. The molecule has 0 unspecified atom stereocenters. The van der Waals surface area contributed by atoms with Crippen LogP contribution < -0.4 is 10.4 Å². The molecule has 278 valence electrons. The van der Waals surface area contributed by atoms with E-state index in [1.54, 1.807) is 0 Å². The summed E-state index contributed by atoms with van der Waals surface area (Å²) in [4.78, 5) is 0. The summed E-state index contributed by atoms with van der Waals surface area (Å²) in [5.41, 5.74) is 19.4. The predicted octanol–water partition coefficient (Wildman–Crippen LogP) is 13.0. The van der Waals surface area contributed by atoms with Crippen molar-refractivity contribution in [3.63, 3.8) is 0 Å². The molecule has 4 atom stereocenters. The summed E-state index contributed by atoms with van der Waals surface area (Å²) in [6.45, 7) is 38.7. The second kappa shape index (κ2) is 10.1. The highest BCUT2D eigenvalue weighted by molar-refractivity contribution is 6.00. The lowest BCUT2D eigenvalue weighted by atomic mass is 9.42. The number of allylic oxidation sites excluding steroid dienone is 22. The van der Waals surface area contributed by atoms with Gasteiger partial charge in [0.15, 0.2) is 0 Å². The number of rotatable bonds is 0. The van der Waals surface area contributed by atoms with Crippen LogP contribution in [-0.2, 0) is 0 Å². The van der Waals surface area contributed by atoms with Crippen LogP contribution in [0.15, 0.2) is 130 Å². The first-order valence-electron chi connectivity index (χ1n) is 20.6. The smallest absolute Gasteiger partial charge is 0.0315 e. The summed E-state index contributed by atoms with van der Waals surface area (Å²) in [6, 6.07) is 5.35. The van der Waals surface area contributed by atoms with Gasteiger partial charge in [0, 0.05) is 21.7 Å². The summed E-state index contributed by atoms with van der Waals surface area (Å²) >= 11 is 0. The second-order valence-electron chi connectivity index (χ2n) is 22.6. The van der Waals surface area contributed by atoms with Crippen molar-refractivity contribution < 1.29 is 0 Å². The first-order chi connectivity index (χ1) is 24.8. The van der Waals surface area contributed by atoms with Crippen LogP contribution in [0, 0.1) is 43.3 Å². The van der Waals surface area contributed by atoms with E-state index in [0.29, 0.717) is 0 Å². The molecular formula is C54H62. The zero-order valence-corrected chi connectivity index (χ0v) is 36.1. The highest BCUT2D eigenvalue weighted by Crippen LogP contribution is 2.72. The molecule has 1 aromatic carbocycles. The molecule has 0 aliphatic heterocycles. The fraction of sp³-hybridized carbons (Fsp3) is 0.444. The van der Waals surface area contributed by atoms with Crippen molar-refractivity contribution in [3.05, 3.63) is 151 Å². The fourth-order valence-electron chi connectivity index (χ4n) is 11.3. The van der Waals surface area contributed by atoms with E-state index in [1.807, 2.05) is 0 Å². The van der Waals surface area contributed by atoms with Gasteiger partial charge in [0.1, 0.15) is 0 Å². The van der Waals surface area contributed by atoms with Gasteiger partial charge in [-0.05, 0) is 122 Å². The van der Waals surface area contributed by atoms with Gasteiger partial charge in [0.25, 0.3) is 0 Å². The van der Waals surface area contributed by atoms with Gasteiger partial charge in [-0.25, -0.2) is 0 Å². The van der Waals surface area contributed by atoms with Crippen LogP contribution in [0.4, 0.5) is 0 Å². The zero-order valence-electron chi connectivity index (χ0n) is 36.1. The largest absolute Gasteiger partial charge is 0.0578 e. The van der Waals surface area contributed by atoms with E-state index in [0.717, 1.165) is 0 Å². The number of hydrogen-bond acceptors (Lipinski definition) is 0. The molecule has 1 aromatic rings. The molecule has 0 aromatic heterocycles. The summed E-state index contributed by atoms with van der Waals surface area (Å²) in [5.74, 6) is 0. The average molecular weight is 711 g/mol. The SMILES string of the molecule is CC(C)(C)C1=CC2=CC=C3C=C(C(C)(C)C)C=C4c5cc6c(cc5C(=C1)[C@]2(C)[C@]34C)=C1C=C(C(C)(C)C)C=C2C=CC3=CC(C(C)(C)C)=CC=6[C@]3(C)[C@]21C. The highest BCUT2D eigenvalue weighted by atomic mass is 14.6. The van der Waals surface area contributed by atoms with E-state index in [4.69, 9.17) is 0 Å². The van der Waals surface area contributed by atoms with Crippen molar-refractivity contribution >= 4 is 22.3 Å². The maximum Gasteiger partial charge on any atom is 0.0315 e. The average Bonchev–Trinajstić information content (AvgIpc) is 3.04. The van der Waals surface area contributed by atoms with E-state index >= 15 is 0 Å². The predicted molar refractivity (Wildman–Crippen MR) is 233 cm³/mol. The third-order valence-corrected chi connectivity index (χ3v) is 15.6. The molecule has 9 rings (SSSR count). The lowest BCUT2D eigenvalue weighted by molar-refractivity contribution is 0.296. The molecule has 0 spiro atoms. The molecule has 54 heavy (non-hydrogen) atoms. The van der Waals surface area contributed by atoms with Gasteiger partial charge in [0.05, 0.1) is 0 Å². The number of fused-ring (bicyclic) bond motifs is 4. The lowest BCUT2D eigenvalue weighted by Crippen LogP contribution is -2.55. The minimum absolute atomic E-state index is 0.0249. The quantitative estimate of drug-likeness (QED) is 0.251. The Morgan fingerprint density at radius 1 is 0.352 bits per heavy atom. The Labute approximate surface area is 326 Å². The van der Waals surface area contributed by atoms with Gasteiger partial charge in [-0.3, -0.25) is 0 Å². The Kier molecular flexibility index (Phi) is 6.69. The standard InChI is InChI=1S/C54H62/c1-47(2,3)35-21-31-17-18-32-22-36(48(4,5)6)26-44-40-30-42-41(29-39(40)43(25-35)51(31,13)52(32,44)14)45-27-37(49(7,8)9)23-33-19-20-34-24-38(50(10,11)12)28-46(42)54(34,16)53(33,45)15/h17-30H,1-16H3/t51-,52-,53-,54-/m1/s1. The summed E-state index contributed by atoms with van der Waals surface area (Å²) < 4.78 is 0. The van der Waals surface area contributed by atoms with Gasteiger partial charge >= 0.3 is 0 Å². The van der Waals surface area contributed by atoms with Crippen molar-refractivity contribution in [3.8, 4) is 0 Å². The summed E-state index contributed by atoms with van der Waals surface area (Å²) in [7, 11) is 0. The van der Waals surface area contributed by atoms with Crippen LogP contribution in [0.5, 0.6) is 0 Å². The third kappa shape index (κ3) is 4.16. The first-order valence-corrected chi connectivity index (χ1v) is 20.6. The van der Waals surface area contributed by atoms with Crippen molar-refractivity contribution in [2.24, 2.45) is 43.3 Å². The normalized spacial score (nSPS) is 31.9. The summed E-state index contributed by atoms with van der Waals surface area (Å²) in [6.07, 6.45) is 30.4. The van der Waals surface area contributed by atoms with Crippen LogP contribution in [0.1, 0.15) is 122 Å². The molecule has 0 heteroatoms. The third-order valence-electron chi connectivity index (χ3n) is 15.6. The fourth-order valence-corrected chi connectivity index (χ4v) is 11.3. The Hall–Kier alpha value is -3.90. The van der Waals surface area contributed by atoms with Gasteiger partial charge in [0.2, 0.25) is 0 Å². The van der Waals surface area contributed by atoms with Gasteiger partial charge < -0.3 is 0 Å². The molecule has 0 saturated heterocycles. The summed E-state index contributed by atoms with van der Waals surface area (Å²) in [5, 5.41) is 2.83. The molecular weight excluding hydrogens is 649 g/mol. The molecule has 0 amide bonds. The number of hydrogen-bond donors (Lipinski definition) is 0. The molecule has 0 N–H and O–H groups in total. The highest BCUT2D eigenvalue weighted by Gasteiger charge is 2.61. The van der Waals surface area contributed by atoms with Crippen LogP contribution in [-0.4, -0.2) is 0 Å². The molecule has 0 bridgehead atoms. The van der Waals surface area contributed by atoms with Gasteiger partial charge in [-0.2, -0.15) is 0 Å². The van der Waals surface area contributed by atoms with E-state index in [2.05, 4.69) is 196 Å². The molecule has 8 aliphatic carbocycles. The van der Waals surface area contributed by atoms with Crippen molar-refractivity contribution in [2.45, 2.75) is 111 Å². The van der Waals surface area contributed by atoms with Crippen LogP contribution in [0.2, 0.25) is 0 Å². The topological polar surface area (TPSA) is 0 Å². The van der Waals surface area contributed by atoms with E-state index in [-0.39, 0.29) is 43.3 Å². The van der Waals surface area contributed by atoms with Gasteiger partial charge in [-0.15, -0.1) is 0 Å². The van der Waals surface area contributed by atoms with Gasteiger partial charge in [-0.1, -0.05) is 184 Å². The van der Waals surface area contributed by atoms with E-state index < -0.39 is 0 Å². The molecule has 8 aliphatic rings. The molecule has 0 radical (unpaired) electrons. The Bertz CT molecular complexity index is 2350. The molecule has 0 saturated carbocycles. The minimum Gasteiger partial charge on any atom is -0.0578 e. The lowest BCUT2D eigenvalue weighted by Gasteiger charge is -2.60. The van der Waals surface area contributed by atoms with Crippen LogP contribution in [0.3, 0.4) is 0 Å². The maximum absolute atomic E-state index is 2.67. The monoisotopic (exact) mass is 710 g/mol. The first kappa shape index (κ1) is 35.8. The molecule has 0 heterocycles. The molecule has 0 nitrogen and oxygen atoms in total. The van der Waals surface area contributed by atoms with Crippen molar-refractivity contribution in [1.82, 2.24) is 0 Å².